The molecule has 1 aromatic heterocycles. The summed E-state index contributed by atoms with van der Waals surface area (Å²) in [7, 11) is 0. The van der Waals surface area contributed by atoms with E-state index in [1.807, 2.05) is 24.3 Å². The summed E-state index contributed by atoms with van der Waals surface area (Å²) in [5.41, 5.74) is 4.06. The number of thiophene rings is 1. The minimum atomic E-state index is 0.610. The molecule has 0 saturated carbocycles. The molecular weight excluding hydrogens is 366 g/mol. The molecule has 0 aliphatic heterocycles. The minimum Gasteiger partial charge on any atom is -0.151 e. The molecule has 0 saturated heterocycles. The zero-order valence-corrected chi connectivity index (χ0v) is 14.4. The molecule has 0 fully saturated rings. The number of rotatable bonds is 2. The summed E-state index contributed by atoms with van der Waals surface area (Å²) in [4.78, 5) is 0. The van der Waals surface area contributed by atoms with Crippen molar-refractivity contribution >= 4 is 57.7 Å². The summed E-state index contributed by atoms with van der Waals surface area (Å²) in [6.07, 6.45) is 0. The predicted molar refractivity (Wildman–Crippen MR) is 95.2 cm³/mol. The topological polar surface area (TPSA) is 0 Å². The highest BCUT2D eigenvalue weighted by Gasteiger charge is 2.11. The maximum absolute atomic E-state index is 6.09. The third-order valence-corrected chi connectivity index (χ3v) is 4.63. The summed E-state index contributed by atoms with van der Waals surface area (Å²) in [5.74, 6) is 0. The standard InChI is InChI=1S/C16H8Cl4S/c17-11-1-9(2-12(18)5-11)15-7-21-8-16(15)10-3-13(19)6-14(20)4-10/h1-8H. The van der Waals surface area contributed by atoms with Crippen molar-refractivity contribution in [3.63, 3.8) is 0 Å². The first-order chi connectivity index (χ1) is 10.0. The second-order valence-corrected chi connectivity index (χ2v) is 7.00. The van der Waals surface area contributed by atoms with Gasteiger partial charge in [-0.2, -0.15) is 11.3 Å². The van der Waals surface area contributed by atoms with Crippen LogP contribution in [-0.4, -0.2) is 0 Å². The summed E-state index contributed by atoms with van der Waals surface area (Å²) in [6.45, 7) is 0. The molecule has 106 valence electrons. The second kappa shape index (κ2) is 6.20. The first-order valence-electron chi connectivity index (χ1n) is 6.02. The maximum atomic E-state index is 6.09. The first kappa shape index (κ1) is 15.2. The molecule has 0 spiro atoms. The summed E-state index contributed by atoms with van der Waals surface area (Å²) < 4.78 is 0. The van der Waals surface area contributed by atoms with Gasteiger partial charge in [0.05, 0.1) is 0 Å². The van der Waals surface area contributed by atoms with Crippen molar-refractivity contribution in [3.05, 3.63) is 67.2 Å². The van der Waals surface area contributed by atoms with Gasteiger partial charge in [-0.25, -0.2) is 0 Å². The number of benzene rings is 2. The molecule has 0 amide bonds. The van der Waals surface area contributed by atoms with Gasteiger partial charge in [0.1, 0.15) is 0 Å². The molecule has 0 N–H and O–H groups in total. The van der Waals surface area contributed by atoms with Gasteiger partial charge in [0.2, 0.25) is 0 Å². The van der Waals surface area contributed by atoms with E-state index in [0.717, 1.165) is 22.3 Å². The fraction of sp³-hybridized carbons (Fsp3) is 0. The van der Waals surface area contributed by atoms with E-state index < -0.39 is 0 Å². The van der Waals surface area contributed by atoms with Gasteiger partial charge in [-0.3, -0.25) is 0 Å². The lowest BCUT2D eigenvalue weighted by atomic mass is 9.99. The van der Waals surface area contributed by atoms with Gasteiger partial charge < -0.3 is 0 Å². The van der Waals surface area contributed by atoms with Gasteiger partial charge >= 0.3 is 0 Å². The summed E-state index contributed by atoms with van der Waals surface area (Å²) in [5, 5.41) is 6.56. The molecule has 3 aromatic rings. The highest BCUT2D eigenvalue weighted by molar-refractivity contribution is 7.08. The number of hydrogen-bond acceptors (Lipinski definition) is 1. The SMILES string of the molecule is Clc1cc(Cl)cc(-c2cscc2-c2cc(Cl)cc(Cl)c2)c1. The molecule has 0 atom stereocenters. The quantitative estimate of drug-likeness (QED) is 0.431. The van der Waals surface area contributed by atoms with Crippen molar-refractivity contribution in [1.82, 2.24) is 0 Å². The Hall–Kier alpha value is -0.700. The average Bonchev–Trinajstić information content (AvgIpc) is 2.85. The molecule has 0 bridgehead atoms. The van der Waals surface area contributed by atoms with Crippen molar-refractivity contribution in [1.29, 1.82) is 0 Å². The van der Waals surface area contributed by atoms with E-state index >= 15 is 0 Å². The van der Waals surface area contributed by atoms with Gasteiger partial charge in [-0.1, -0.05) is 46.4 Å². The van der Waals surface area contributed by atoms with Crippen LogP contribution < -0.4 is 0 Å². The largest absolute Gasteiger partial charge is 0.151 e. The molecule has 1 heterocycles. The smallest absolute Gasteiger partial charge is 0.0426 e. The highest BCUT2D eigenvalue weighted by Crippen LogP contribution is 2.39. The van der Waals surface area contributed by atoms with Gasteiger partial charge in [-0.15, -0.1) is 0 Å². The normalized spacial score (nSPS) is 10.9. The Morgan fingerprint density at radius 1 is 0.524 bits per heavy atom. The summed E-state index contributed by atoms with van der Waals surface area (Å²) in [6, 6.07) is 11.0. The van der Waals surface area contributed by atoms with Crippen molar-refractivity contribution in [3.8, 4) is 22.3 Å². The van der Waals surface area contributed by atoms with E-state index in [9.17, 15) is 0 Å². The van der Waals surface area contributed by atoms with Crippen LogP contribution in [0.3, 0.4) is 0 Å². The number of hydrogen-bond donors (Lipinski definition) is 0. The fourth-order valence-electron chi connectivity index (χ4n) is 2.16. The minimum absolute atomic E-state index is 0.610. The van der Waals surface area contributed by atoms with E-state index in [2.05, 4.69) is 10.8 Å². The summed E-state index contributed by atoms with van der Waals surface area (Å²) >= 11 is 26.0. The van der Waals surface area contributed by atoms with Crippen LogP contribution in [0.1, 0.15) is 0 Å². The maximum Gasteiger partial charge on any atom is 0.0426 e. The monoisotopic (exact) mass is 372 g/mol. The van der Waals surface area contributed by atoms with Crippen LogP contribution in [0.25, 0.3) is 22.3 Å². The zero-order valence-electron chi connectivity index (χ0n) is 10.5. The van der Waals surface area contributed by atoms with Crippen LogP contribution in [0.15, 0.2) is 47.2 Å². The molecule has 21 heavy (non-hydrogen) atoms. The van der Waals surface area contributed by atoms with Crippen LogP contribution in [0.2, 0.25) is 20.1 Å². The third-order valence-electron chi connectivity index (χ3n) is 3.01. The molecule has 5 heteroatoms. The molecule has 3 rings (SSSR count). The Morgan fingerprint density at radius 3 is 1.19 bits per heavy atom. The molecule has 0 nitrogen and oxygen atoms in total. The average molecular weight is 374 g/mol. The van der Waals surface area contributed by atoms with Gasteiger partial charge in [-0.05, 0) is 58.3 Å². The molecule has 0 aliphatic carbocycles. The molecule has 0 aliphatic rings. The van der Waals surface area contributed by atoms with Gasteiger partial charge in [0.15, 0.2) is 0 Å². The number of halogens is 4. The van der Waals surface area contributed by atoms with Crippen molar-refractivity contribution in [2.45, 2.75) is 0 Å². The van der Waals surface area contributed by atoms with E-state index in [0.29, 0.717) is 20.1 Å². The Morgan fingerprint density at radius 2 is 0.857 bits per heavy atom. The van der Waals surface area contributed by atoms with E-state index in [-0.39, 0.29) is 0 Å². The molecule has 0 radical (unpaired) electrons. The third kappa shape index (κ3) is 3.39. The van der Waals surface area contributed by atoms with Crippen LogP contribution in [0.4, 0.5) is 0 Å². The molecular formula is C16H8Cl4S. The Kier molecular flexibility index (Phi) is 4.49. The fourth-order valence-corrected chi connectivity index (χ4v) is 4.08. The second-order valence-electron chi connectivity index (χ2n) is 4.52. The predicted octanol–water partition coefficient (Wildman–Crippen LogP) is 7.70. The lowest BCUT2D eigenvalue weighted by Gasteiger charge is -2.07. The first-order valence-corrected chi connectivity index (χ1v) is 8.47. The highest BCUT2D eigenvalue weighted by atomic mass is 35.5. The lowest BCUT2D eigenvalue weighted by molar-refractivity contribution is 1.63. The van der Waals surface area contributed by atoms with Crippen LogP contribution >= 0.6 is 57.7 Å². The molecule has 2 aromatic carbocycles. The Labute approximate surface area is 146 Å². The van der Waals surface area contributed by atoms with Crippen LogP contribution in [0.5, 0.6) is 0 Å². The van der Waals surface area contributed by atoms with E-state index in [4.69, 9.17) is 46.4 Å². The van der Waals surface area contributed by atoms with E-state index in [1.165, 1.54) is 0 Å². The van der Waals surface area contributed by atoms with Gasteiger partial charge in [0, 0.05) is 31.2 Å². The van der Waals surface area contributed by atoms with Crippen LogP contribution in [-0.2, 0) is 0 Å². The van der Waals surface area contributed by atoms with E-state index in [1.54, 1.807) is 23.5 Å². The van der Waals surface area contributed by atoms with Crippen molar-refractivity contribution < 1.29 is 0 Å². The van der Waals surface area contributed by atoms with Crippen LogP contribution in [0, 0.1) is 0 Å². The Bertz CT molecular complexity index is 701. The zero-order chi connectivity index (χ0) is 15.0. The van der Waals surface area contributed by atoms with Crippen molar-refractivity contribution in [2.75, 3.05) is 0 Å². The molecule has 0 unspecified atom stereocenters. The van der Waals surface area contributed by atoms with Gasteiger partial charge in [0.25, 0.3) is 0 Å². The van der Waals surface area contributed by atoms with Crippen molar-refractivity contribution in [2.24, 2.45) is 0 Å². The Balaban J connectivity index is 2.16. The lowest BCUT2D eigenvalue weighted by Crippen LogP contribution is -1.82.